The smallest absolute Gasteiger partial charge is 0.0205 e. The standard InChI is InChI=1S/C14H28N2/c1-6-13-8-7-9-16(13)11-12(2)10-15-14(3,4)5/h13,15H,2,6-11H2,1,3-5H3. The Labute approximate surface area is 101 Å². The van der Waals surface area contributed by atoms with Gasteiger partial charge in [0.1, 0.15) is 0 Å². The molecule has 1 N–H and O–H groups in total. The maximum atomic E-state index is 4.19. The minimum Gasteiger partial charge on any atom is -0.308 e. The van der Waals surface area contributed by atoms with Crippen molar-refractivity contribution in [2.24, 2.45) is 0 Å². The van der Waals surface area contributed by atoms with Crippen molar-refractivity contribution in [3.8, 4) is 0 Å². The predicted molar refractivity (Wildman–Crippen MR) is 71.8 cm³/mol. The number of hydrogen-bond donors (Lipinski definition) is 1. The molecule has 1 saturated heterocycles. The SMILES string of the molecule is C=C(CNC(C)(C)C)CN1CCCC1CC. The lowest BCUT2D eigenvalue weighted by molar-refractivity contribution is 0.265. The van der Waals surface area contributed by atoms with Gasteiger partial charge in [-0.3, -0.25) is 4.90 Å². The van der Waals surface area contributed by atoms with Gasteiger partial charge in [-0.05, 0) is 52.2 Å². The Hall–Kier alpha value is -0.340. The number of nitrogens with zero attached hydrogens (tertiary/aromatic N) is 1. The highest BCUT2D eigenvalue weighted by molar-refractivity contribution is 5.02. The molecule has 2 nitrogen and oxygen atoms in total. The summed E-state index contributed by atoms with van der Waals surface area (Å²) in [7, 11) is 0. The maximum Gasteiger partial charge on any atom is 0.0205 e. The zero-order valence-corrected chi connectivity index (χ0v) is 11.5. The second-order valence-corrected chi connectivity index (χ2v) is 6.03. The quantitative estimate of drug-likeness (QED) is 0.722. The van der Waals surface area contributed by atoms with Crippen molar-refractivity contribution in [1.29, 1.82) is 0 Å². The topological polar surface area (TPSA) is 15.3 Å². The zero-order chi connectivity index (χ0) is 12.2. The second kappa shape index (κ2) is 5.83. The predicted octanol–water partition coefficient (Wildman–Crippen LogP) is 2.81. The molecule has 2 heteroatoms. The van der Waals surface area contributed by atoms with Crippen LogP contribution >= 0.6 is 0 Å². The summed E-state index contributed by atoms with van der Waals surface area (Å²) in [5.74, 6) is 0. The first-order chi connectivity index (χ1) is 7.42. The van der Waals surface area contributed by atoms with Crippen LogP contribution in [0.25, 0.3) is 0 Å². The van der Waals surface area contributed by atoms with Gasteiger partial charge >= 0.3 is 0 Å². The second-order valence-electron chi connectivity index (χ2n) is 6.03. The molecule has 0 aromatic rings. The van der Waals surface area contributed by atoms with E-state index < -0.39 is 0 Å². The van der Waals surface area contributed by atoms with E-state index in [1.54, 1.807) is 0 Å². The average Bonchev–Trinajstić information content (AvgIpc) is 2.61. The van der Waals surface area contributed by atoms with Crippen molar-refractivity contribution in [3.63, 3.8) is 0 Å². The van der Waals surface area contributed by atoms with E-state index >= 15 is 0 Å². The Morgan fingerprint density at radius 2 is 2.12 bits per heavy atom. The Balaban J connectivity index is 2.28. The molecule has 0 aromatic carbocycles. The molecule has 1 aliphatic heterocycles. The molecule has 16 heavy (non-hydrogen) atoms. The molecular formula is C14H28N2. The fourth-order valence-electron chi connectivity index (χ4n) is 2.30. The molecule has 0 saturated carbocycles. The molecule has 1 aliphatic rings. The summed E-state index contributed by atoms with van der Waals surface area (Å²) in [6, 6.07) is 0.798. The largest absolute Gasteiger partial charge is 0.308 e. The third-order valence-electron chi connectivity index (χ3n) is 3.27. The number of rotatable bonds is 5. The van der Waals surface area contributed by atoms with Crippen LogP contribution < -0.4 is 5.32 Å². The van der Waals surface area contributed by atoms with Crippen LogP contribution in [0.1, 0.15) is 47.0 Å². The van der Waals surface area contributed by atoms with Crippen LogP contribution in [0.15, 0.2) is 12.2 Å². The molecule has 0 aliphatic carbocycles. The Morgan fingerprint density at radius 3 is 2.69 bits per heavy atom. The molecule has 0 radical (unpaired) electrons. The van der Waals surface area contributed by atoms with E-state index in [9.17, 15) is 0 Å². The third-order valence-corrected chi connectivity index (χ3v) is 3.27. The first kappa shape index (κ1) is 13.7. The van der Waals surface area contributed by atoms with E-state index in [0.717, 1.165) is 19.1 Å². The highest BCUT2D eigenvalue weighted by Gasteiger charge is 2.22. The van der Waals surface area contributed by atoms with Crippen LogP contribution in [0, 0.1) is 0 Å². The fraction of sp³-hybridized carbons (Fsp3) is 0.857. The van der Waals surface area contributed by atoms with Crippen LogP contribution in [0.4, 0.5) is 0 Å². The number of hydrogen-bond acceptors (Lipinski definition) is 2. The first-order valence-electron chi connectivity index (χ1n) is 6.58. The van der Waals surface area contributed by atoms with Gasteiger partial charge in [0.15, 0.2) is 0 Å². The molecule has 1 rings (SSSR count). The van der Waals surface area contributed by atoms with Crippen molar-refractivity contribution in [2.75, 3.05) is 19.6 Å². The number of nitrogens with one attached hydrogen (secondary N) is 1. The van der Waals surface area contributed by atoms with Gasteiger partial charge in [0.05, 0.1) is 0 Å². The molecule has 1 fully saturated rings. The van der Waals surface area contributed by atoms with E-state index in [2.05, 4.69) is 44.5 Å². The monoisotopic (exact) mass is 224 g/mol. The van der Waals surface area contributed by atoms with E-state index in [1.165, 1.54) is 31.4 Å². The summed E-state index contributed by atoms with van der Waals surface area (Å²) in [5.41, 5.74) is 1.51. The summed E-state index contributed by atoms with van der Waals surface area (Å²) in [4.78, 5) is 2.59. The van der Waals surface area contributed by atoms with Gasteiger partial charge in [-0.25, -0.2) is 0 Å². The van der Waals surface area contributed by atoms with Crippen molar-refractivity contribution >= 4 is 0 Å². The van der Waals surface area contributed by atoms with Crippen molar-refractivity contribution in [3.05, 3.63) is 12.2 Å². The van der Waals surface area contributed by atoms with Crippen LogP contribution in [0.5, 0.6) is 0 Å². The molecule has 0 bridgehead atoms. The molecule has 94 valence electrons. The third kappa shape index (κ3) is 4.67. The van der Waals surface area contributed by atoms with E-state index in [1.807, 2.05) is 0 Å². The Kier molecular flexibility index (Phi) is 5.00. The summed E-state index contributed by atoms with van der Waals surface area (Å²) in [6.07, 6.45) is 4.01. The van der Waals surface area contributed by atoms with E-state index in [-0.39, 0.29) is 5.54 Å². The zero-order valence-electron chi connectivity index (χ0n) is 11.5. The summed E-state index contributed by atoms with van der Waals surface area (Å²) < 4.78 is 0. The average molecular weight is 224 g/mol. The molecule has 0 spiro atoms. The lowest BCUT2D eigenvalue weighted by atomic mass is 10.1. The van der Waals surface area contributed by atoms with Gasteiger partial charge in [0.2, 0.25) is 0 Å². The first-order valence-corrected chi connectivity index (χ1v) is 6.58. The summed E-state index contributed by atoms with van der Waals surface area (Å²) >= 11 is 0. The van der Waals surface area contributed by atoms with Gasteiger partial charge in [0, 0.05) is 24.7 Å². The van der Waals surface area contributed by atoms with Gasteiger partial charge in [-0.2, -0.15) is 0 Å². The van der Waals surface area contributed by atoms with Gasteiger partial charge in [0.25, 0.3) is 0 Å². The van der Waals surface area contributed by atoms with Crippen LogP contribution in [0.2, 0.25) is 0 Å². The molecule has 1 unspecified atom stereocenters. The van der Waals surface area contributed by atoms with E-state index in [4.69, 9.17) is 0 Å². The van der Waals surface area contributed by atoms with Gasteiger partial charge in [-0.15, -0.1) is 0 Å². The van der Waals surface area contributed by atoms with E-state index in [0.29, 0.717) is 0 Å². The molecule has 1 heterocycles. The highest BCUT2D eigenvalue weighted by Crippen LogP contribution is 2.20. The lowest BCUT2D eigenvalue weighted by Crippen LogP contribution is -2.39. The summed E-state index contributed by atoms with van der Waals surface area (Å²) in [6.45, 7) is 16.3. The molecule has 0 aromatic heterocycles. The Morgan fingerprint density at radius 1 is 1.44 bits per heavy atom. The fourth-order valence-corrected chi connectivity index (χ4v) is 2.30. The Bertz CT molecular complexity index is 227. The maximum absolute atomic E-state index is 4.19. The lowest BCUT2D eigenvalue weighted by Gasteiger charge is -2.26. The van der Waals surface area contributed by atoms with Gasteiger partial charge in [-0.1, -0.05) is 13.5 Å². The van der Waals surface area contributed by atoms with Crippen LogP contribution in [0.3, 0.4) is 0 Å². The minimum atomic E-state index is 0.193. The van der Waals surface area contributed by atoms with Gasteiger partial charge < -0.3 is 5.32 Å². The number of likely N-dealkylation sites (tertiary alicyclic amines) is 1. The highest BCUT2D eigenvalue weighted by atomic mass is 15.2. The van der Waals surface area contributed by atoms with Crippen molar-refractivity contribution < 1.29 is 0 Å². The summed E-state index contributed by atoms with van der Waals surface area (Å²) in [5, 5.41) is 3.50. The molecular weight excluding hydrogens is 196 g/mol. The van der Waals surface area contributed by atoms with Crippen molar-refractivity contribution in [2.45, 2.75) is 58.5 Å². The van der Waals surface area contributed by atoms with Crippen molar-refractivity contribution in [1.82, 2.24) is 10.2 Å². The van der Waals surface area contributed by atoms with Crippen LogP contribution in [-0.2, 0) is 0 Å². The minimum absolute atomic E-state index is 0.193. The molecule has 0 amide bonds. The normalized spacial score (nSPS) is 22.6. The van der Waals surface area contributed by atoms with Crippen LogP contribution in [-0.4, -0.2) is 36.1 Å². The molecule has 1 atom stereocenters.